The second-order valence-corrected chi connectivity index (χ2v) is 9.92. The highest BCUT2D eigenvalue weighted by atomic mass is 32.2. The van der Waals surface area contributed by atoms with Crippen LogP contribution in [0.25, 0.3) is 0 Å². The van der Waals surface area contributed by atoms with E-state index in [1.807, 2.05) is 19.1 Å². The first-order valence-corrected chi connectivity index (χ1v) is 12.6. The van der Waals surface area contributed by atoms with Crippen molar-refractivity contribution in [2.24, 2.45) is 0 Å². The lowest BCUT2D eigenvalue weighted by Gasteiger charge is -2.26. The number of ether oxygens (including phenoxy) is 2. The fraction of sp³-hybridized carbons (Fsp3) is 0.417. The Morgan fingerprint density at radius 2 is 1.74 bits per heavy atom. The van der Waals surface area contributed by atoms with Crippen LogP contribution in [0.15, 0.2) is 47.4 Å². The van der Waals surface area contributed by atoms with E-state index in [2.05, 4.69) is 0 Å². The molecule has 0 atom stereocenters. The summed E-state index contributed by atoms with van der Waals surface area (Å²) < 4.78 is 51.7. The van der Waals surface area contributed by atoms with Crippen molar-refractivity contribution in [3.63, 3.8) is 0 Å². The predicted octanol–water partition coefficient (Wildman–Crippen LogP) is 3.21. The van der Waals surface area contributed by atoms with E-state index in [-0.39, 0.29) is 5.56 Å². The third-order valence-corrected chi connectivity index (χ3v) is 7.42. The molecule has 0 aromatic heterocycles. The number of rotatable bonds is 9. The Morgan fingerprint density at radius 1 is 1.06 bits per heavy atom. The monoisotopic (exact) mass is 492 g/mol. The molecule has 0 N–H and O–H groups in total. The topological polar surface area (TPSA) is 93.2 Å². The van der Waals surface area contributed by atoms with Crippen LogP contribution in [-0.2, 0) is 26.1 Å². The van der Waals surface area contributed by atoms with Crippen molar-refractivity contribution >= 4 is 21.9 Å². The minimum atomic E-state index is -4.07. The molecule has 10 heteroatoms. The number of hydrogen-bond acceptors (Lipinski definition) is 6. The average Bonchev–Trinajstić information content (AvgIpc) is 2.84. The SMILES string of the molecule is CCOc1ccc(CN(C)C(=O)COC(=O)c2ccc(F)c(S(=O)(=O)N3CCCCC3)c2)cc1. The number of carbonyl (C=O) groups is 2. The average molecular weight is 493 g/mol. The first-order chi connectivity index (χ1) is 16.2. The van der Waals surface area contributed by atoms with Gasteiger partial charge in [0.25, 0.3) is 5.91 Å². The van der Waals surface area contributed by atoms with Gasteiger partial charge in [0, 0.05) is 26.7 Å². The molecule has 3 rings (SSSR count). The molecule has 0 unspecified atom stereocenters. The van der Waals surface area contributed by atoms with E-state index in [1.54, 1.807) is 19.2 Å². The van der Waals surface area contributed by atoms with Gasteiger partial charge in [-0.25, -0.2) is 17.6 Å². The molecule has 2 aromatic rings. The van der Waals surface area contributed by atoms with Gasteiger partial charge in [-0.1, -0.05) is 18.6 Å². The zero-order chi connectivity index (χ0) is 24.7. The molecule has 0 spiro atoms. The molecule has 1 aliphatic heterocycles. The number of hydrogen-bond donors (Lipinski definition) is 0. The molecule has 0 bridgehead atoms. The number of piperidine rings is 1. The van der Waals surface area contributed by atoms with Gasteiger partial charge in [-0.3, -0.25) is 4.79 Å². The van der Waals surface area contributed by atoms with Gasteiger partial charge in [0.05, 0.1) is 12.2 Å². The largest absolute Gasteiger partial charge is 0.494 e. The van der Waals surface area contributed by atoms with Crippen LogP contribution < -0.4 is 4.74 Å². The maximum Gasteiger partial charge on any atom is 0.338 e. The van der Waals surface area contributed by atoms with Crippen LogP contribution in [0.1, 0.15) is 42.1 Å². The summed E-state index contributed by atoms with van der Waals surface area (Å²) in [6.45, 7) is 2.84. The predicted molar refractivity (Wildman–Crippen MR) is 123 cm³/mol. The summed E-state index contributed by atoms with van der Waals surface area (Å²) in [5.41, 5.74) is 0.732. The van der Waals surface area contributed by atoms with Gasteiger partial charge in [-0.15, -0.1) is 0 Å². The number of carbonyl (C=O) groups excluding carboxylic acids is 2. The molecule has 34 heavy (non-hydrogen) atoms. The Bertz CT molecular complexity index is 1110. The summed E-state index contributed by atoms with van der Waals surface area (Å²) in [4.78, 5) is 25.7. The Hall–Kier alpha value is -2.98. The highest BCUT2D eigenvalue weighted by Crippen LogP contribution is 2.24. The molecular weight excluding hydrogens is 463 g/mol. The fourth-order valence-electron chi connectivity index (χ4n) is 3.61. The van der Waals surface area contributed by atoms with E-state index < -0.39 is 39.2 Å². The number of sulfonamides is 1. The molecule has 1 aliphatic rings. The van der Waals surface area contributed by atoms with E-state index >= 15 is 0 Å². The van der Waals surface area contributed by atoms with E-state index in [4.69, 9.17) is 9.47 Å². The Kier molecular flexibility index (Phi) is 8.62. The van der Waals surface area contributed by atoms with Crippen molar-refractivity contribution in [2.45, 2.75) is 37.6 Å². The number of amides is 1. The van der Waals surface area contributed by atoms with Crippen LogP contribution in [0, 0.1) is 5.82 Å². The lowest BCUT2D eigenvalue weighted by Crippen LogP contribution is -2.36. The van der Waals surface area contributed by atoms with Gasteiger partial charge in [0.1, 0.15) is 16.5 Å². The summed E-state index contributed by atoms with van der Waals surface area (Å²) >= 11 is 0. The van der Waals surface area contributed by atoms with Gasteiger partial charge in [-0.2, -0.15) is 4.31 Å². The van der Waals surface area contributed by atoms with Crippen LogP contribution in [0.2, 0.25) is 0 Å². The number of likely N-dealkylation sites (N-methyl/N-ethyl adjacent to an activating group) is 1. The maximum atomic E-state index is 14.4. The van der Waals surface area contributed by atoms with E-state index in [9.17, 15) is 22.4 Å². The van der Waals surface area contributed by atoms with Gasteiger partial charge >= 0.3 is 5.97 Å². The lowest BCUT2D eigenvalue weighted by molar-refractivity contribution is -0.133. The highest BCUT2D eigenvalue weighted by Gasteiger charge is 2.29. The number of esters is 1. The van der Waals surface area contributed by atoms with Crippen molar-refractivity contribution in [3.05, 3.63) is 59.4 Å². The number of halogens is 1. The maximum absolute atomic E-state index is 14.4. The standard InChI is InChI=1S/C24H29FN2O6S/c1-3-32-20-10-7-18(8-11-20)16-26(2)23(28)17-33-24(29)19-9-12-21(25)22(15-19)34(30,31)27-13-5-4-6-14-27/h7-12,15H,3-6,13-14,16-17H2,1-2H3. The molecule has 184 valence electrons. The van der Waals surface area contributed by atoms with E-state index in [0.29, 0.717) is 39.1 Å². The molecule has 0 aliphatic carbocycles. The quantitative estimate of drug-likeness (QED) is 0.499. The first kappa shape index (κ1) is 25.6. The Labute approximate surface area is 199 Å². The molecule has 8 nitrogen and oxygen atoms in total. The van der Waals surface area contributed by atoms with Crippen LogP contribution in [0.4, 0.5) is 4.39 Å². The first-order valence-electron chi connectivity index (χ1n) is 11.1. The fourth-order valence-corrected chi connectivity index (χ4v) is 5.22. The zero-order valence-corrected chi connectivity index (χ0v) is 20.1. The Balaban J connectivity index is 1.60. The van der Waals surface area contributed by atoms with Crippen LogP contribution in [0.3, 0.4) is 0 Å². The summed E-state index contributed by atoms with van der Waals surface area (Å²) in [7, 11) is -2.49. The van der Waals surface area contributed by atoms with Crippen molar-refractivity contribution in [1.82, 2.24) is 9.21 Å². The second-order valence-electron chi connectivity index (χ2n) is 8.01. The van der Waals surface area contributed by atoms with E-state index in [1.165, 1.54) is 9.21 Å². The molecule has 1 amide bonds. The molecule has 0 saturated carbocycles. The lowest BCUT2D eigenvalue weighted by atomic mass is 10.2. The van der Waals surface area contributed by atoms with Crippen LogP contribution >= 0.6 is 0 Å². The minimum Gasteiger partial charge on any atom is -0.494 e. The minimum absolute atomic E-state index is 0.140. The van der Waals surface area contributed by atoms with Gasteiger partial charge in [-0.05, 0) is 55.7 Å². The summed E-state index contributed by atoms with van der Waals surface area (Å²) in [5, 5.41) is 0. The number of nitrogens with zero attached hydrogens (tertiary/aromatic N) is 2. The van der Waals surface area contributed by atoms with Crippen molar-refractivity contribution in [2.75, 3.05) is 33.4 Å². The molecule has 1 fully saturated rings. The zero-order valence-electron chi connectivity index (χ0n) is 19.3. The Morgan fingerprint density at radius 3 is 2.38 bits per heavy atom. The smallest absolute Gasteiger partial charge is 0.338 e. The van der Waals surface area contributed by atoms with Gasteiger partial charge in [0.2, 0.25) is 10.0 Å². The van der Waals surface area contributed by atoms with Crippen LogP contribution in [0.5, 0.6) is 5.75 Å². The van der Waals surface area contributed by atoms with Crippen molar-refractivity contribution < 1.29 is 31.9 Å². The third-order valence-electron chi connectivity index (χ3n) is 5.51. The summed E-state index contributed by atoms with van der Waals surface area (Å²) in [6, 6.07) is 10.3. The molecular formula is C24H29FN2O6S. The second kappa shape index (κ2) is 11.4. The summed E-state index contributed by atoms with van der Waals surface area (Å²) in [5.74, 6) is -1.55. The highest BCUT2D eigenvalue weighted by molar-refractivity contribution is 7.89. The van der Waals surface area contributed by atoms with Crippen molar-refractivity contribution in [1.29, 1.82) is 0 Å². The molecule has 1 saturated heterocycles. The molecule has 1 heterocycles. The molecule has 2 aromatic carbocycles. The van der Waals surface area contributed by atoms with Crippen molar-refractivity contribution in [3.8, 4) is 5.75 Å². The van der Waals surface area contributed by atoms with Crippen LogP contribution in [-0.4, -0.2) is 62.9 Å². The summed E-state index contributed by atoms with van der Waals surface area (Å²) in [6.07, 6.45) is 2.33. The van der Waals surface area contributed by atoms with Gasteiger partial charge in [0.15, 0.2) is 6.61 Å². The molecule has 0 radical (unpaired) electrons. The third kappa shape index (κ3) is 6.32. The van der Waals surface area contributed by atoms with Gasteiger partial charge < -0.3 is 14.4 Å². The number of benzene rings is 2. The normalized spacial score (nSPS) is 14.4. The van der Waals surface area contributed by atoms with E-state index in [0.717, 1.165) is 35.9 Å².